The summed E-state index contributed by atoms with van der Waals surface area (Å²) in [5.74, 6) is 0. The third-order valence-corrected chi connectivity index (χ3v) is 2.11. The molecule has 0 amide bonds. The lowest BCUT2D eigenvalue weighted by Gasteiger charge is -2.08. The molecular weight excluding hydrogens is 201 g/mol. The first-order valence-electron chi connectivity index (χ1n) is 3.80. The van der Waals surface area contributed by atoms with Crippen molar-refractivity contribution in [2.75, 3.05) is 0 Å². The Morgan fingerprint density at radius 2 is 1.92 bits per heavy atom. The van der Waals surface area contributed by atoms with Crippen molar-refractivity contribution in [1.82, 2.24) is 0 Å². The van der Waals surface area contributed by atoms with Gasteiger partial charge in [0.05, 0.1) is 5.56 Å². The molecular formula is C9H8ClF3. The fraction of sp³-hybridized carbons (Fsp3) is 0.333. The first kappa shape index (κ1) is 10.4. The number of hydrogen-bond donors (Lipinski definition) is 0. The predicted octanol–water partition coefficient (Wildman–Crippen LogP) is 3.92. The van der Waals surface area contributed by atoms with Crippen LogP contribution in [0.25, 0.3) is 0 Å². The summed E-state index contributed by atoms with van der Waals surface area (Å²) in [6, 6.07) is 3.41. The van der Waals surface area contributed by atoms with Gasteiger partial charge in [-0.15, -0.1) is 0 Å². The third-order valence-electron chi connectivity index (χ3n) is 1.76. The standard InChI is InChI=1S/C9H8ClF3/c1-2-6-3-4-7(5-8(6)10)9(11,12)13/h3-5H,2H2,1H3. The summed E-state index contributed by atoms with van der Waals surface area (Å²) in [5, 5.41) is 0.178. The lowest BCUT2D eigenvalue weighted by Crippen LogP contribution is -2.04. The second kappa shape index (κ2) is 3.58. The van der Waals surface area contributed by atoms with Crippen LogP contribution in [0.3, 0.4) is 0 Å². The van der Waals surface area contributed by atoms with Crippen LogP contribution in [0.4, 0.5) is 13.2 Å². The summed E-state index contributed by atoms with van der Waals surface area (Å²) in [6.45, 7) is 1.84. The van der Waals surface area contributed by atoms with Crippen molar-refractivity contribution in [3.05, 3.63) is 34.3 Å². The van der Waals surface area contributed by atoms with Crippen LogP contribution in [-0.2, 0) is 12.6 Å². The van der Waals surface area contributed by atoms with Gasteiger partial charge in [-0.1, -0.05) is 24.6 Å². The molecule has 0 radical (unpaired) electrons. The van der Waals surface area contributed by atoms with Gasteiger partial charge in [-0.25, -0.2) is 0 Å². The minimum atomic E-state index is -4.31. The van der Waals surface area contributed by atoms with Crippen LogP contribution < -0.4 is 0 Å². The molecule has 0 bridgehead atoms. The van der Waals surface area contributed by atoms with E-state index in [4.69, 9.17) is 11.6 Å². The van der Waals surface area contributed by atoms with Crippen LogP contribution >= 0.6 is 11.6 Å². The summed E-state index contributed by atoms with van der Waals surface area (Å²) < 4.78 is 36.4. The highest BCUT2D eigenvalue weighted by Crippen LogP contribution is 2.32. The monoisotopic (exact) mass is 208 g/mol. The van der Waals surface area contributed by atoms with E-state index in [2.05, 4.69) is 0 Å². The van der Waals surface area contributed by atoms with E-state index in [1.165, 1.54) is 6.07 Å². The molecule has 72 valence electrons. The number of alkyl halides is 3. The van der Waals surface area contributed by atoms with Gasteiger partial charge < -0.3 is 0 Å². The molecule has 0 spiro atoms. The third kappa shape index (κ3) is 2.37. The number of hydrogen-bond acceptors (Lipinski definition) is 0. The van der Waals surface area contributed by atoms with Gasteiger partial charge in [0, 0.05) is 5.02 Å². The van der Waals surface area contributed by atoms with Crippen LogP contribution in [0.5, 0.6) is 0 Å². The number of benzene rings is 1. The normalized spacial score (nSPS) is 11.8. The molecule has 1 aromatic rings. The Balaban J connectivity index is 3.10. The summed E-state index contributed by atoms with van der Waals surface area (Å²) >= 11 is 5.64. The molecule has 1 rings (SSSR count). The Bertz CT molecular complexity index is 304. The number of aryl methyl sites for hydroxylation is 1. The first-order chi connectivity index (χ1) is 5.95. The van der Waals surface area contributed by atoms with Gasteiger partial charge >= 0.3 is 6.18 Å². The molecule has 0 aliphatic rings. The van der Waals surface area contributed by atoms with Gasteiger partial charge in [0.15, 0.2) is 0 Å². The van der Waals surface area contributed by atoms with Crippen molar-refractivity contribution in [3.8, 4) is 0 Å². The summed E-state index contributed by atoms with van der Waals surface area (Å²) in [5.41, 5.74) is 0.0318. The molecule has 1 aromatic carbocycles. The largest absolute Gasteiger partial charge is 0.416 e. The minimum absolute atomic E-state index is 0.178. The number of rotatable bonds is 1. The van der Waals surface area contributed by atoms with Gasteiger partial charge in [0.1, 0.15) is 0 Å². The number of halogens is 4. The van der Waals surface area contributed by atoms with E-state index in [1.807, 2.05) is 6.92 Å². The summed E-state index contributed by atoms with van der Waals surface area (Å²) in [6.07, 6.45) is -3.67. The average molecular weight is 209 g/mol. The van der Waals surface area contributed by atoms with Crippen LogP contribution in [0.2, 0.25) is 5.02 Å². The lowest BCUT2D eigenvalue weighted by molar-refractivity contribution is -0.137. The maximum Gasteiger partial charge on any atom is 0.416 e. The highest BCUT2D eigenvalue weighted by Gasteiger charge is 2.30. The average Bonchev–Trinajstić information content (AvgIpc) is 2.02. The zero-order valence-electron chi connectivity index (χ0n) is 6.95. The fourth-order valence-electron chi connectivity index (χ4n) is 1.01. The minimum Gasteiger partial charge on any atom is -0.166 e. The topological polar surface area (TPSA) is 0 Å². The maximum absolute atomic E-state index is 12.1. The highest BCUT2D eigenvalue weighted by molar-refractivity contribution is 6.31. The molecule has 0 saturated carbocycles. The SMILES string of the molecule is CCc1ccc(C(F)(F)F)cc1Cl. The van der Waals surface area contributed by atoms with E-state index in [0.717, 1.165) is 17.7 Å². The zero-order chi connectivity index (χ0) is 10.1. The first-order valence-corrected chi connectivity index (χ1v) is 4.18. The molecule has 0 atom stereocenters. The summed E-state index contributed by atoms with van der Waals surface area (Å²) in [7, 11) is 0. The molecule has 0 nitrogen and oxygen atoms in total. The Morgan fingerprint density at radius 1 is 1.31 bits per heavy atom. The van der Waals surface area contributed by atoms with Gasteiger partial charge in [-0.3, -0.25) is 0 Å². The Hall–Kier alpha value is -0.700. The predicted molar refractivity (Wildman–Crippen MR) is 45.8 cm³/mol. The van der Waals surface area contributed by atoms with Gasteiger partial charge in [-0.2, -0.15) is 13.2 Å². The van der Waals surface area contributed by atoms with Gasteiger partial charge in [-0.05, 0) is 24.1 Å². The Morgan fingerprint density at radius 3 is 2.31 bits per heavy atom. The molecule has 0 N–H and O–H groups in total. The second-order valence-corrected chi connectivity index (χ2v) is 3.06. The van der Waals surface area contributed by atoms with Crippen LogP contribution in [0.1, 0.15) is 18.1 Å². The fourth-order valence-corrected chi connectivity index (χ4v) is 1.32. The zero-order valence-corrected chi connectivity index (χ0v) is 7.71. The Labute approximate surface area is 79.3 Å². The van der Waals surface area contributed by atoms with Crippen molar-refractivity contribution in [1.29, 1.82) is 0 Å². The van der Waals surface area contributed by atoms with Crippen molar-refractivity contribution in [3.63, 3.8) is 0 Å². The molecule has 0 fully saturated rings. The highest BCUT2D eigenvalue weighted by atomic mass is 35.5. The molecule has 4 heteroatoms. The molecule has 0 aliphatic heterocycles. The van der Waals surface area contributed by atoms with Gasteiger partial charge in [0.2, 0.25) is 0 Å². The van der Waals surface area contributed by atoms with E-state index < -0.39 is 11.7 Å². The van der Waals surface area contributed by atoms with Crippen LogP contribution in [0, 0.1) is 0 Å². The second-order valence-electron chi connectivity index (χ2n) is 2.66. The maximum atomic E-state index is 12.1. The molecule has 0 aliphatic carbocycles. The van der Waals surface area contributed by atoms with E-state index in [1.54, 1.807) is 0 Å². The smallest absolute Gasteiger partial charge is 0.166 e. The van der Waals surface area contributed by atoms with Crippen molar-refractivity contribution in [2.45, 2.75) is 19.5 Å². The molecule has 0 aromatic heterocycles. The molecule has 0 saturated heterocycles. The molecule has 0 unspecified atom stereocenters. The van der Waals surface area contributed by atoms with E-state index in [-0.39, 0.29) is 5.02 Å². The quantitative estimate of drug-likeness (QED) is 0.656. The van der Waals surface area contributed by atoms with Crippen LogP contribution in [-0.4, -0.2) is 0 Å². The van der Waals surface area contributed by atoms with Crippen molar-refractivity contribution < 1.29 is 13.2 Å². The van der Waals surface area contributed by atoms with E-state index in [9.17, 15) is 13.2 Å². The molecule has 0 heterocycles. The lowest BCUT2D eigenvalue weighted by atomic mass is 10.1. The molecule has 13 heavy (non-hydrogen) atoms. The van der Waals surface area contributed by atoms with E-state index >= 15 is 0 Å². The van der Waals surface area contributed by atoms with Crippen molar-refractivity contribution >= 4 is 11.6 Å². The Kier molecular flexibility index (Phi) is 2.86. The summed E-state index contributed by atoms with van der Waals surface area (Å²) in [4.78, 5) is 0. The van der Waals surface area contributed by atoms with E-state index in [0.29, 0.717) is 6.42 Å². The van der Waals surface area contributed by atoms with Crippen LogP contribution in [0.15, 0.2) is 18.2 Å². The van der Waals surface area contributed by atoms with Gasteiger partial charge in [0.25, 0.3) is 0 Å². The van der Waals surface area contributed by atoms with Crippen molar-refractivity contribution in [2.24, 2.45) is 0 Å².